The predicted molar refractivity (Wildman–Crippen MR) is 240 cm³/mol. The van der Waals surface area contributed by atoms with Crippen LogP contribution in [0, 0.1) is 0 Å². The summed E-state index contributed by atoms with van der Waals surface area (Å²) in [5, 5.41) is 4.98. The second-order valence-corrected chi connectivity index (χ2v) is 14.4. The Labute approximate surface area is 328 Å². The molecule has 0 aliphatic carbocycles. The second-order valence-electron chi connectivity index (χ2n) is 14.4. The maximum absolute atomic E-state index is 2.45. The molecule has 0 bridgehead atoms. The molecule has 0 amide bonds. The summed E-state index contributed by atoms with van der Waals surface area (Å²) in [5.74, 6) is 0. The molecule has 0 spiro atoms. The molecule has 0 atom stereocenters. The Balaban J connectivity index is 1.25. The molecule has 0 heterocycles. The van der Waals surface area contributed by atoms with E-state index in [9.17, 15) is 0 Å². The standard InChI is InChI=1S/C56H38/c1-4-18-39(19-5-1)42-24-16-26-44(36-42)47-28-10-11-29-48(47)46-34-35-49(45-27-17-25-43(37-45)40-20-6-2-7-21-40)54(38-46)56-52-32-14-12-30-50(52)55(41-22-8-3-9-23-41)51-31-13-15-33-53(51)56/h1-38H. The molecule has 0 aromatic heterocycles. The number of benzene rings is 10. The van der Waals surface area contributed by atoms with Gasteiger partial charge in [0.15, 0.2) is 0 Å². The van der Waals surface area contributed by atoms with Crippen molar-refractivity contribution in [2.24, 2.45) is 0 Å². The third-order valence-electron chi connectivity index (χ3n) is 11.1. The maximum atomic E-state index is 2.45. The second kappa shape index (κ2) is 14.5. The largest absolute Gasteiger partial charge is 0.0622 e. The van der Waals surface area contributed by atoms with Crippen LogP contribution < -0.4 is 0 Å². The van der Waals surface area contributed by atoms with Gasteiger partial charge in [-0.15, -0.1) is 0 Å². The van der Waals surface area contributed by atoms with E-state index in [-0.39, 0.29) is 0 Å². The first-order valence-electron chi connectivity index (χ1n) is 19.3. The van der Waals surface area contributed by atoms with Gasteiger partial charge in [-0.25, -0.2) is 0 Å². The summed E-state index contributed by atoms with van der Waals surface area (Å²) in [6, 6.07) is 84.0. The number of fused-ring (bicyclic) bond motifs is 2. The predicted octanol–water partition coefficient (Wildman–Crippen LogP) is 15.7. The van der Waals surface area contributed by atoms with Gasteiger partial charge < -0.3 is 0 Å². The van der Waals surface area contributed by atoms with Gasteiger partial charge in [0.2, 0.25) is 0 Å². The van der Waals surface area contributed by atoms with E-state index in [0.717, 1.165) is 0 Å². The lowest BCUT2D eigenvalue weighted by Crippen LogP contribution is -1.94. The van der Waals surface area contributed by atoms with Gasteiger partial charge in [0.25, 0.3) is 0 Å². The lowest BCUT2D eigenvalue weighted by Gasteiger charge is -2.21. The third-order valence-corrected chi connectivity index (χ3v) is 11.1. The fourth-order valence-corrected chi connectivity index (χ4v) is 8.49. The van der Waals surface area contributed by atoms with Crippen LogP contribution in [0.25, 0.3) is 99.4 Å². The Hall–Kier alpha value is -7.28. The van der Waals surface area contributed by atoms with Gasteiger partial charge in [-0.3, -0.25) is 0 Å². The smallest absolute Gasteiger partial charge is 0.00199 e. The summed E-state index contributed by atoms with van der Waals surface area (Å²) in [7, 11) is 0. The Bertz CT molecular complexity index is 2940. The van der Waals surface area contributed by atoms with E-state index < -0.39 is 0 Å². The molecule has 10 aromatic rings. The minimum absolute atomic E-state index is 1.18. The molecule has 0 aliphatic rings. The lowest BCUT2D eigenvalue weighted by molar-refractivity contribution is 1.55. The van der Waals surface area contributed by atoms with Crippen LogP contribution in [0.3, 0.4) is 0 Å². The van der Waals surface area contributed by atoms with Crippen LogP contribution in [-0.2, 0) is 0 Å². The van der Waals surface area contributed by atoms with Crippen molar-refractivity contribution in [2.45, 2.75) is 0 Å². The van der Waals surface area contributed by atoms with E-state index in [1.165, 1.54) is 99.4 Å². The maximum Gasteiger partial charge on any atom is -0.00199 e. The van der Waals surface area contributed by atoms with Crippen LogP contribution in [0.2, 0.25) is 0 Å². The van der Waals surface area contributed by atoms with Gasteiger partial charge in [0, 0.05) is 0 Å². The molecule has 0 fully saturated rings. The summed E-state index contributed by atoms with van der Waals surface area (Å²) in [4.78, 5) is 0. The van der Waals surface area contributed by atoms with Crippen molar-refractivity contribution in [1.82, 2.24) is 0 Å². The first kappa shape index (κ1) is 33.3. The molecule has 0 aliphatic heterocycles. The molecule has 0 unspecified atom stereocenters. The Kier molecular flexibility index (Phi) is 8.63. The van der Waals surface area contributed by atoms with E-state index in [0.29, 0.717) is 0 Å². The molecule has 10 aromatic carbocycles. The van der Waals surface area contributed by atoms with Crippen LogP contribution in [0.1, 0.15) is 0 Å². The van der Waals surface area contributed by atoms with Crippen molar-refractivity contribution in [3.63, 3.8) is 0 Å². The lowest BCUT2D eigenvalue weighted by atomic mass is 9.82. The average Bonchev–Trinajstić information content (AvgIpc) is 3.29. The highest BCUT2D eigenvalue weighted by Crippen LogP contribution is 2.48. The number of hydrogen-bond acceptors (Lipinski definition) is 0. The summed E-state index contributed by atoms with van der Waals surface area (Å²) < 4.78 is 0. The molecule has 0 saturated heterocycles. The average molecular weight is 711 g/mol. The van der Waals surface area contributed by atoms with Crippen molar-refractivity contribution >= 4 is 21.5 Å². The fourth-order valence-electron chi connectivity index (χ4n) is 8.49. The van der Waals surface area contributed by atoms with Crippen LogP contribution in [0.5, 0.6) is 0 Å². The van der Waals surface area contributed by atoms with Crippen LogP contribution in [0.15, 0.2) is 231 Å². The topological polar surface area (TPSA) is 0 Å². The van der Waals surface area contributed by atoms with E-state index in [4.69, 9.17) is 0 Å². The first-order valence-corrected chi connectivity index (χ1v) is 19.3. The zero-order chi connectivity index (χ0) is 37.3. The van der Waals surface area contributed by atoms with Gasteiger partial charge in [-0.05, 0) is 118 Å². The van der Waals surface area contributed by atoms with Gasteiger partial charge in [0.05, 0.1) is 0 Å². The van der Waals surface area contributed by atoms with Crippen molar-refractivity contribution in [2.75, 3.05) is 0 Å². The first-order chi connectivity index (χ1) is 27.8. The fraction of sp³-hybridized carbons (Fsp3) is 0. The highest BCUT2D eigenvalue weighted by Gasteiger charge is 2.20. The minimum Gasteiger partial charge on any atom is -0.0622 e. The Morgan fingerprint density at radius 3 is 0.982 bits per heavy atom. The molecule has 0 saturated carbocycles. The number of rotatable bonds is 7. The molecule has 0 radical (unpaired) electrons. The Morgan fingerprint density at radius 1 is 0.161 bits per heavy atom. The molecule has 262 valence electrons. The molecule has 56 heavy (non-hydrogen) atoms. The Morgan fingerprint density at radius 2 is 0.500 bits per heavy atom. The van der Waals surface area contributed by atoms with Crippen LogP contribution in [-0.4, -0.2) is 0 Å². The summed E-state index contributed by atoms with van der Waals surface area (Å²) >= 11 is 0. The summed E-state index contributed by atoms with van der Waals surface area (Å²) in [6.07, 6.45) is 0. The van der Waals surface area contributed by atoms with Gasteiger partial charge in [0.1, 0.15) is 0 Å². The van der Waals surface area contributed by atoms with E-state index in [1.54, 1.807) is 0 Å². The highest BCUT2D eigenvalue weighted by atomic mass is 14.2. The number of hydrogen-bond donors (Lipinski definition) is 0. The van der Waals surface area contributed by atoms with Crippen LogP contribution in [0.4, 0.5) is 0 Å². The molecular weight excluding hydrogens is 673 g/mol. The molecule has 0 nitrogen and oxygen atoms in total. The van der Waals surface area contributed by atoms with E-state index >= 15 is 0 Å². The monoisotopic (exact) mass is 710 g/mol. The van der Waals surface area contributed by atoms with Gasteiger partial charge in [-0.1, -0.05) is 212 Å². The van der Waals surface area contributed by atoms with Gasteiger partial charge in [-0.2, -0.15) is 0 Å². The molecule has 10 rings (SSSR count). The zero-order valence-electron chi connectivity index (χ0n) is 30.9. The third kappa shape index (κ3) is 6.08. The summed E-state index contributed by atoms with van der Waals surface area (Å²) in [5.41, 5.74) is 17.0. The van der Waals surface area contributed by atoms with Crippen molar-refractivity contribution in [3.8, 4) is 77.9 Å². The SMILES string of the molecule is c1ccc(-c2cccc(-c3ccccc3-c3ccc(-c4cccc(-c5ccccc5)c4)c(-c4c5ccccc5c(-c5ccccc5)c5ccccc45)c3)c2)cc1. The van der Waals surface area contributed by atoms with E-state index in [2.05, 4.69) is 231 Å². The normalized spacial score (nSPS) is 11.2. The quantitative estimate of drug-likeness (QED) is 0.144. The zero-order valence-corrected chi connectivity index (χ0v) is 30.9. The minimum atomic E-state index is 1.18. The van der Waals surface area contributed by atoms with Crippen molar-refractivity contribution in [3.05, 3.63) is 231 Å². The van der Waals surface area contributed by atoms with Gasteiger partial charge >= 0.3 is 0 Å². The van der Waals surface area contributed by atoms with E-state index in [1.807, 2.05) is 0 Å². The van der Waals surface area contributed by atoms with Crippen LogP contribution >= 0.6 is 0 Å². The summed E-state index contributed by atoms with van der Waals surface area (Å²) in [6.45, 7) is 0. The molecular formula is C56H38. The molecule has 0 heteroatoms. The molecule has 0 N–H and O–H groups in total. The van der Waals surface area contributed by atoms with Crippen molar-refractivity contribution in [1.29, 1.82) is 0 Å². The van der Waals surface area contributed by atoms with Crippen molar-refractivity contribution < 1.29 is 0 Å². The highest BCUT2D eigenvalue weighted by molar-refractivity contribution is 6.22.